The van der Waals surface area contributed by atoms with Crippen LogP contribution in [0.15, 0.2) is 36.5 Å². The first-order valence-corrected chi connectivity index (χ1v) is 8.80. The molecule has 0 saturated carbocycles. The van der Waals surface area contributed by atoms with Crippen LogP contribution in [0, 0.1) is 27.7 Å². The molecule has 3 rings (SSSR count). The second-order valence-corrected chi connectivity index (χ2v) is 7.49. The van der Waals surface area contributed by atoms with Crippen molar-refractivity contribution >= 4 is 10.8 Å². The van der Waals surface area contributed by atoms with Gasteiger partial charge in [-0.3, -0.25) is 0 Å². The molecule has 0 unspecified atom stereocenters. The minimum Gasteiger partial charge on any atom is -0.200 e. The second kappa shape index (κ2) is 6.05. The fourth-order valence-corrected chi connectivity index (χ4v) is 3.69. The summed E-state index contributed by atoms with van der Waals surface area (Å²) in [6, 6.07) is 11.6. The van der Waals surface area contributed by atoms with E-state index in [1.165, 1.54) is 49.8 Å². The molecular weight excluding hydrogens is 290 g/mol. The summed E-state index contributed by atoms with van der Waals surface area (Å²) >= 11 is 0. The Morgan fingerprint density at radius 3 is 2.21 bits per heavy atom. The van der Waals surface area contributed by atoms with Gasteiger partial charge in [-0.05, 0) is 67.8 Å². The molecular formula is C23H28N+. The van der Waals surface area contributed by atoms with Crippen LogP contribution in [0.3, 0.4) is 0 Å². The van der Waals surface area contributed by atoms with E-state index in [-0.39, 0.29) is 0 Å². The van der Waals surface area contributed by atoms with E-state index in [1.54, 1.807) is 0 Å². The van der Waals surface area contributed by atoms with E-state index in [2.05, 4.69) is 89.7 Å². The molecule has 0 spiro atoms. The molecule has 0 aliphatic rings. The molecule has 0 fully saturated rings. The highest BCUT2D eigenvalue weighted by Crippen LogP contribution is 2.33. The lowest BCUT2D eigenvalue weighted by Crippen LogP contribution is -2.31. The van der Waals surface area contributed by atoms with E-state index < -0.39 is 0 Å². The molecule has 1 heteroatoms. The van der Waals surface area contributed by atoms with Crippen LogP contribution in [-0.2, 0) is 7.05 Å². The first-order chi connectivity index (χ1) is 11.3. The topological polar surface area (TPSA) is 3.88 Å². The number of aryl methyl sites for hydroxylation is 4. The number of aromatic nitrogens is 1. The van der Waals surface area contributed by atoms with Gasteiger partial charge in [-0.25, -0.2) is 4.57 Å². The minimum absolute atomic E-state index is 0.550. The van der Waals surface area contributed by atoms with Gasteiger partial charge >= 0.3 is 0 Å². The molecule has 1 aromatic heterocycles. The number of fused-ring (bicyclic) bond motifs is 1. The number of rotatable bonds is 2. The van der Waals surface area contributed by atoms with Crippen LogP contribution < -0.4 is 4.57 Å². The van der Waals surface area contributed by atoms with E-state index >= 15 is 0 Å². The van der Waals surface area contributed by atoms with Gasteiger partial charge in [-0.1, -0.05) is 37.6 Å². The lowest BCUT2D eigenvalue weighted by Gasteiger charge is -2.14. The average Bonchev–Trinajstić information content (AvgIpc) is 2.51. The lowest BCUT2D eigenvalue weighted by atomic mass is 9.92. The summed E-state index contributed by atoms with van der Waals surface area (Å²) in [4.78, 5) is 0. The number of hydrogen-bond donors (Lipinski definition) is 0. The van der Waals surface area contributed by atoms with Crippen molar-refractivity contribution in [2.45, 2.75) is 47.5 Å². The minimum atomic E-state index is 0.550. The Morgan fingerprint density at radius 1 is 0.833 bits per heavy atom. The molecule has 0 amide bonds. The summed E-state index contributed by atoms with van der Waals surface area (Å²) in [7, 11) is 2.16. The van der Waals surface area contributed by atoms with Gasteiger partial charge in [0.25, 0.3) is 0 Å². The van der Waals surface area contributed by atoms with Crippen LogP contribution in [0.5, 0.6) is 0 Å². The highest BCUT2D eigenvalue weighted by atomic mass is 14.9. The van der Waals surface area contributed by atoms with Gasteiger partial charge in [0.2, 0.25) is 5.69 Å². The van der Waals surface area contributed by atoms with Crippen molar-refractivity contribution < 1.29 is 4.57 Å². The SMILES string of the molecule is Cc1cc(C)c(C)c(-c2c3ccc(C(C)C)cc3c(C)c[n+]2C)c1. The van der Waals surface area contributed by atoms with Crippen molar-refractivity contribution in [3.05, 3.63) is 64.3 Å². The summed E-state index contributed by atoms with van der Waals surface area (Å²) in [5.41, 5.74) is 9.45. The average molecular weight is 318 g/mol. The molecule has 2 aromatic carbocycles. The molecule has 1 heterocycles. The normalized spacial score (nSPS) is 11.5. The molecule has 0 saturated heterocycles. The van der Waals surface area contributed by atoms with Gasteiger partial charge in [-0.15, -0.1) is 0 Å². The van der Waals surface area contributed by atoms with Crippen molar-refractivity contribution in [3.63, 3.8) is 0 Å². The van der Waals surface area contributed by atoms with Crippen LogP contribution in [0.25, 0.3) is 22.0 Å². The Balaban J connectivity index is 2.41. The van der Waals surface area contributed by atoms with Crippen molar-refractivity contribution in [2.75, 3.05) is 0 Å². The number of nitrogens with zero attached hydrogens (tertiary/aromatic N) is 1. The zero-order valence-electron chi connectivity index (χ0n) is 16.0. The Labute approximate surface area is 146 Å². The van der Waals surface area contributed by atoms with E-state index in [9.17, 15) is 0 Å². The molecule has 0 N–H and O–H groups in total. The predicted molar refractivity (Wildman–Crippen MR) is 104 cm³/mol. The highest BCUT2D eigenvalue weighted by molar-refractivity contribution is 5.96. The zero-order valence-corrected chi connectivity index (χ0v) is 16.0. The largest absolute Gasteiger partial charge is 0.220 e. The molecule has 0 atom stereocenters. The van der Waals surface area contributed by atoms with Crippen molar-refractivity contribution in [1.82, 2.24) is 0 Å². The van der Waals surface area contributed by atoms with Crippen molar-refractivity contribution in [2.24, 2.45) is 7.05 Å². The van der Waals surface area contributed by atoms with Gasteiger partial charge in [0, 0.05) is 5.56 Å². The summed E-state index contributed by atoms with van der Waals surface area (Å²) in [6.07, 6.45) is 2.26. The van der Waals surface area contributed by atoms with Crippen molar-refractivity contribution in [1.29, 1.82) is 0 Å². The van der Waals surface area contributed by atoms with Crippen LogP contribution in [0.1, 0.15) is 47.6 Å². The second-order valence-electron chi connectivity index (χ2n) is 7.49. The van der Waals surface area contributed by atoms with E-state index in [1.807, 2.05) is 0 Å². The van der Waals surface area contributed by atoms with Crippen molar-refractivity contribution in [3.8, 4) is 11.3 Å². The maximum atomic E-state index is 2.37. The molecule has 0 aliphatic heterocycles. The van der Waals surface area contributed by atoms with Gasteiger partial charge in [0.1, 0.15) is 7.05 Å². The first kappa shape index (κ1) is 16.7. The Hall–Kier alpha value is -2.15. The van der Waals surface area contributed by atoms with Crippen LogP contribution in [0.4, 0.5) is 0 Å². The molecule has 1 nitrogen and oxygen atoms in total. The van der Waals surface area contributed by atoms with Crippen LogP contribution in [-0.4, -0.2) is 0 Å². The molecule has 124 valence electrons. The molecule has 3 aromatic rings. The van der Waals surface area contributed by atoms with E-state index in [0.29, 0.717) is 5.92 Å². The third-order valence-electron chi connectivity index (χ3n) is 5.20. The summed E-state index contributed by atoms with van der Waals surface area (Å²) in [6.45, 7) is 13.4. The molecule has 24 heavy (non-hydrogen) atoms. The number of benzene rings is 2. The third kappa shape index (κ3) is 2.73. The fraction of sp³-hybridized carbons (Fsp3) is 0.348. The fourth-order valence-electron chi connectivity index (χ4n) is 3.69. The van der Waals surface area contributed by atoms with Gasteiger partial charge in [0.15, 0.2) is 6.20 Å². The Kier molecular flexibility index (Phi) is 4.21. The Morgan fingerprint density at radius 2 is 1.54 bits per heavy atom. The summed E-state index contributed by atoms with van der Waals surface area (Å²) in [5, 5.41) is 2.71. The van der Waals surface area contributed by atoms with Gasteiger partial charge in [-0.2, -0.15) is 0 Å². The summed E-state index contributed by atoms with van der Waals surface area (Å²) in [5.74, 6) is 0.550. The molecule has 0 bridgehead atoms. The van der Waals surface area contributed by atoms with E-state index in [0.717, 1.165) is 0 Å². The highest BCUT2D eigenvalue weighted by Gasteiger charge is 2.20. The maximum absolute atomic E-state index is 2.37. The van der Waals surface area contributed by atoms with Gasteiger partial charge < -0.3 is 0 Å². The Bertz CT molecular complexity index is 933. The molecule has 0 aliphatic carbocycles. The zero-order chi connectivity index (χ0) is 17.6. The monoisotopic (exact) mass is 318 g/mol. The first-order valence-electron chi connectivity index (χ1n) is 8.80. The summed E-state index contributed by atoms with van der Waals surface area (Å²) < 4.78 is 2.29. The molecule has 0 radical (unpaired) electrons. The third-order valence-corrected chi connectivity index (χ3v) is 5.20. The van der Waals surface area contributed by atoms with Gasteiger partial charge in [0.05, 0.1) is 10.9 Å². The lowest BCUT2D eigenvalue weighted by molar-refractivity contribution is -0.659. The smallest absolute Gasteiger partial charge is 0.200 e. The van der Waals surface area contributed by atoms with Crippen LogP contribution >= 0.6 is 0 Å². The maximum Gasteiger partial charge on any atom is 0.220 e. The van der Waals surface area contributed by atoms with Crippen LogP contribution in [0.2, 0.25) is 0 Å². The number of pyridine rings is 1. The predicted octanol–water partition coefficient (Wildman–Crippen LogP) is 5.69. The quantitative estimate of drug-likeness (QED) is 0.535. The number of hydrogen-bond acceptors (Lipinski definition) is 0. The standard InChI is InChI=1S/C23H28N/c1-14(2)19-8-9-20-21(12-19)17(5)13-24(7)23(20)22-11-15(3)10-16(4)18(22)6/h8-14H,1-7H3/q+1. The van der Waals surface area contributed by atoms with E-state index in [4.69, 9.17) is 0 Å².